The van der Waals surface area contributed by atoms with Crippen molar-refractivity contribution in [1.82, 2.24) is 5.32 Å². The van der Waals surface area contributed by atoms with E-state index in [0.29, 0.717) is 0 Å². The molecule has 0 saturated heterocycles. The van der Waals surface area contributed by atoms with Crippen LogP contribution in [0.1, 0.15) is 25.8 Å². The summed E-state index contributed by atoms with van der Waals surface area (Å²) in [6.07, 6.45) is -0.612. The summed E-state index contributed by atoms with van der Waals surface area (Å²) < 4.78 is 5.43. The Bertz CT molecular complexity index is 1410. The van der Waals surface area contributed by atoms with Gasteiger partial charge in [0.15, 0.2) is 5.78 Å². The molecule has 0 aliphatic rings. The standard InChI is InChI=1S/C34H33N2O3P/c1-26(2)31(36-34(38)39-25-27-15-7-3-8-16-27)23-32(37)33(24-35)40(28-17-9-4-10-18-28,29-19-11-5-12-20-29)30-21-13-6-14-22-30/h3-22,26,31H,23,25H2,1-2H3,(H,36,38)/t31-/m1/s1. The molecule has 0 aliphatic carbocycles. The van der Waals surface area contributed by atoms with Crippen LogP contribution in [0.25, 0.3) is 0 Å². The SMILES string of the molecule is CC(C)[C@@H](CC(=O)C(C#N)=P(c1ccccc1)(c1ccccc1)c1ccccc1)NC(=O)OCc1ccccc1. The predicted molar refractivity (Wildman–Crippen MR) is 164 cm³/mol. The lowest BCUT2D eigenvalue weighted by Crippen LogP contribution is -2.42. The minimum Gasteiger partial charge on any atom is -0.445 e. The zero-order chi connectivity index (χ0) is 28.4. The van der Waals surface area contributed by atoms with Gasteiger partial charge in [0.05, 0.1) is 0 Å². The van der Waals surface area contributed by atoms with Gasteiger partial charge in [-0.15, -0.1) is 0 Å². The molecule has 0 bridgehead atoms. The molecule has 4 aromatic rings. The number of hydrogen-bond donors (Lipinski definition) is 1. The maximum Gasteiger partial charge on any atom is 0.407 e. The molecule has 40 heavy (non-hydrogen) atoms. The highest BCUT2D eigenvalue weighted by Gasteiger charge is 2.34. The monoisotopic (exact) mass is 548 g/mol. The van der Waals surface area contributed by atoms with E-state index in [1.807, 2.05) is 135 Å². The zero-order valence-corrected chi connectivity index (χ0v) is 23.6. The molecule has 0 aliphatic heterocycles. The first kappa shape index (κ1) is 28.6. The second-order valence-corrected chi connectivity index (χ2v) is 13.2. The third kappa shape index (κ3) is 6.42. The molecule has 0 spiro atoms. The topological polar surface area (TPSA) is 79.2 Å². The van der Waals surface area contributed by atoms with Crippen molar-refractivity contribution in [1.29, 1.82) is 5.26 Å². The molecule has 5 nitrogen and oxygen atoms in total. The van der Waals surface area contributed by atoms with Crippen LogP contribution in [-0.2, 0) is 16.1 Å². The van der Waals surface area contributed by atoms with E-state index >= 15 is 0 Å². The lowest BCUT2D eigenvalue weighted by molar-refractivity contribution is -0.113. The summed E-state index contributed by atoms with van der Waals surface area (Å²) in [6, 6.07) is 40.7. The molecule has 1 N–H and O–H groups in total. The molecule has 0 saturated carbocycles. The van der Waals surface area contributed by atoms with Crippen LogP contribution in [0.3, 0.4) is 0 Å². The number of alkyl carbamates (subject to hydrolysis) is 1. The summed E-state index contributed by atoms with van der Waals surface area (Å²) in [5.41, 5.74) is 0.873. The summed E-state index contributed by atoms with van der Waals surface area (Å²) >= 11 is 0. The molecule has 1 amide bonds. The van der Waals surface area contributed by atoms with Crippen molar-refractivity contribution in [3.05, 3.63) is 127 Å². The highest BCUT2D eigenvalue weighted by Crippen LogP contribution is 2.46. The molecular weight excluding hydrogens is 515 g/mol. The molecule has 4 rings (SSSR count). The number of carbonyl (C=O) groups excluding carboxylic acids is 2. The van der Waals surface area contributed by atoms with Gasteiger partial charge in [-0.3, -0.25) is 4.79 Å². The van der Waals surface area contributed by atoms with Crippen molar-refractivity contribution >= 4 is 40.0 Å². The largest absolute Gasteiger partial charge is 0.445 e. The molecule has 4 aromatic carbocycles. The molecule has 0 unspecified atom stereocenters. The molecular formula is C34H33N2O3P. The first-order chi connectivity index (χ1) is 19.5. The van der Waals surface area contributed by atoms with Crippen molar-refractivity contribution in [3.8, 4) is 6.07 Å². The molecule has 202 valence electrons. The van der Waals surface area contributed by atoms with E-state index in [9.17, 15) is 14.9 Å². The Morgan fingerprint density at radius 1 is 0.750 bits per heavy atom. The Labute approximate surface area is 236 Å². The first-order valence-electron chi connectivity index (χ1n) is 13.3. The van der Waals surface area contributed by atoms with Crippen molar-refractivity contribution < 1.29 is 14.3 Å². The number of rotatable bonds is 10. The average molecular weight is 549 g/mol. The quantitative estimate of drug-likeness (QED) is 0.262. The highest BCUT2D eigenvalue weighted by atomic mass is 31.2. The van der Waals surface area contributed by atoms with Crippen LogP contribution in [0.5, 0.6) is 0 Å². The van der Waals surface area contributed by atoms with E-state index in [1.165, 1.54) is 0 Å². The zero-order valence-electron chi connectivity index (χ0n) is 22.7. The number of ketones is 1. The van der Waals surface area contributed by atoms with E-state index in [2.05, 4.69) is 11.4 Å². The van der Waals surface area contributed by atoms with Gasteiger partial charge in [-0.05, 0) is 34.3 Å². The van der Waals surface area contributed by atoms with Crippen LogP contribution in [0.4, 0.5) is 4.79 Å². The second-order valence-electron chi connectivity index (χ2n) is 9.82. The smallest absolute Gasteiger partial charge is 0.407 e. The van der Waals surface area contributed by atoms with Gasteiger partial charge in [-0.1, -0.05) is 135 Å². The van der Waals surface area contributed by atoms with Crippen molar-refractivity contribution in [3.63, 3.8) is 0 Å². The summed E-state index contributed by atoms with van der Waals surface area (Å²) in [4.78, 5) is 26.9. The Morgan fingerprint density at radius 3 is 1.57 bits per heavy atom. The molecule has 0 radical (unpaired) electrons. The molecule has 0 aromatic heterocycles. The van der Waals surface area contributed by atoms with Gasteiger partial charge in [0, 0.05) is 12.5 Å². The Balaban J connectivity index is 1.77. The number of Topliss-reactive ketones (excluding diaryl/α,β-unsaturated/α-hetero) is 1. The van der Waals surface area contributed by atoms with Crippen molar-refractivity contribution in [2.75, 3.05) is 0 Å². The van der Waals surface area contributed by atoms with Crippen LogP contribution in [-0.4, -0.2) is 23.2 Å². The normalized spacial score (nSPS) is 11.8. The molecule has 6 heteroatoms. The van der Waals surface area contributed by atoms with Crippen LogP contribution in [0.2, 0.25) is 0 Å². The number of ether oxygens (including phenoxy) is 1. The predicted octanol–water partition coefficient (Wildman–Crippen LogP) is 5.59. The Hall–Kier alpha value is -4.39. The van der Waals surface area contributed by atoms with Crippen LogP contribution < -0.4 is 21.2 Å². The summed E-state index contributed by atoms with van der Waals surface area (Å²) in [5, 5.41) is 16.5. The van der Waals surface area contributed by atoms with E-state index in [-0.39, 0.29) is 30.0 Å². The van der Waals surface area contributed by atoms with E-state index < -0.39 is 19.0 Å². The van der Waals surface area contributed by atoms with Gasteiger partial charge in [-0.25, -0.2) is 4.79 Å². The summed E-state index contributed by atoms with van der Waals surface area (Å²) in [5.74, 6) is -0.347. The van der Waals surface area contributed by atoms with E-state index in [4.69, 9.17) is 4.74 Å². The van der Waals surface area contributed by atoms with Gasteiger partial charge in [0.2, 0.25) is 0 Å². The van der Waals surface area contributed by atoms with Crippen LogP contribution in [0, 0.1) is 17.2 Å². The minimum absolute atomic E-state index is 0.0186. The fraction of sp³-hybridized carbons (Fsp3) is 0.176. The van der Waals surface area contributed by atoms with Gasteiger partial charge in [0.1, 0.15) is 18.0 Å². The van der Waals surface area contributed by atoms with E-state index in [1.54, 1.807) is 0 Å². The minimum atomic E-state index is -2.83. The number of benzene rings is 4. The number of amides is 1. The third-order valence-electron chi connectivity index (χ3n) is 6.86. The fourth-order valence-electron chi connectivity index (χ4n) is 4.78. The number of carbonyl (C=O) groups is 2. The van der Waals surface area contributed by atoms with Gasteiger partial charge >= 0.3 is 6.09 Å². The lowest BCUT2D eigenvalue weighted by Gasteiger charge is -2.30. The Morgan fingerprint density at radius 2 is 1.18 bits per heavy atom. The van der Waals surface area contributed by atoms with Crippen molar-refractivity contribution in [2.24, 2.45) is 5.92 Å². The van der Waals surface area contributed by atoms with Crippen LogP contribution >= 0.6 is 6.89 Å². The maximum atomic E-state index is 14.2. The molecule has 0 heterocycles. The van der Waals surface area contributed by atoms with Gasteiger partial charge in [0.25, 0.3) is 0 Å². The second kappa shape index (κ2) is 13.6. The van der Waals surface area contributed by atoms with Gasteiger partial charge < -0.3 is 10.1 Å². The number of nitrogens with zero attached hydrogens (tertiary/aromatic N) is 1. The number of nitrogens with one attached hydrogen (secondary N) is 1. The summed E-state index contributed by atoms with van der Waals surface area (Å²) in [7, 11) is 0. The number of hydrogen-bond acceptors (Lipinski definition) is 4. The maximum absolute atomic E-state index is 14.2. The van der Waals surface area contributed by atoms with Crippen LogP contribution in [0.15, 0.2) is 121 Å². The molecule has 0 fully saturated rings. The summed E-state index contributed by atoms with van der Waals surface area (Å²) in [6.45, 7) is 1.18. The van der Waals surface area contributed by atoms with Crippen molar-refractivity contribution in [2.45, 2.75) is 32.9 Å². The van der Waals surface area contributed by atoms with Gasteiger partial charge in [-0.2, -0.15) is 5.26 Å². The number of nitriles is 1. The highest BCUT2D eigenvalue weighted by molar-refractivity contribution is 7.96. The average Bonchev–Trinajstić information content (AvgIpc) is 3.00. The molecule has 1 atom stereocenters. The first-order valence-corrected chi connectivity index (χ1v) is 15.1. The fourth-order valence-corrected chi connectivity index (χ4v) is 8.92. The van der Waals surface area contributed by atoms with E-state index in [0.717, 1.165) is 21.5 Å². The Kier molecular flexibility index (Phi) is 9.73. The third-order valence-corrected chi connectivity index (χ3v) is 11.1. The lowest BCUT2D eigenvalue weighted by atomic mass is 9.98.